The first-order valence-corrected chi connectivity index (χ1v) is 7.93. The maximum Gasteiger partial charge on any atom is 0.305 e. The van der Waals surface area contributed by atoms with E-state index in [0.717, 1.165) is 0 Å². The van der Waals surface area contributed by atoms with Crippen molar-refractivity contribution in [3.63, 3.8) is 0 Å². The van der Waals surface area contributed by atoms with Crippen molar-refractivity contribution in [3.8, 4) is 22.9 Å². The smallest absolute Gasteiger partial charge is 0.305 e. The predicted octanol–water partition coefficient (Wildman–Crippen LogP) is 2.72. The number of halogens is 1. The van der Waals surface area contributed by atoms with Gasteiger partial charge >= 0.3 is 5.97 Å². The van der Waals surface area contributed by atoms with Crippen LogP contribution in [-0.4, -0.2) is 27.4 Å². The molecule has 0 atom stereocenters. The summed E-state index contributed by atoms with van der Waals surface area (Å²) in [5.41, 5.74) is -0.239. The van der Waals surface area contributed by atoms with Gasteiger partial charge < -0.3 is 19.5 Å². The molecule has 0 unspecified atom stereocenters. The van der Waals surface area contributed by atoms with E-state index in [2.05, 4.69) is 0 Å². The molecule has 0 fully saturated rings. The Kier molecular flexibility index (Phi) is 5.80. The molecule has 0 amide bonds. The van der Waals surface area contributed by atoms with E-state index in [4.69, 9.17) is 4.74 Å². The zero-order chi connectivity index (χ0) is 18.6. The van der Waals surface area contributed by atoms with E-state index in [1.807, 2.05) is 0 Å². The highest BCUT2D eigenvalue weighted by Crippen LogP contribution is 2.32. The summed E-state index contributed by atoms with van der Waals surface area (Å²) >= 11 is 0. The number of esters is 1. The van der Waals surface area contributed by atoms with Gasteiger partial charge in [-0.2, -0.15) is 0 Å². The van der Waals surface area contributed by atoms with Crippen molar-refractivity contribution < 1.29 is 24.1 Å². The first-order chi connectivity index (χ1) is 11.9. The fourth-order valence-corrected chi connectivity index (χ4v) is 2.56. The number of rotatable bonds is 6. The van der Waals surface area contributed by atoms with Gasteiger partial charge in [0.05, 0.1) is 17.9 Å². The minimum Gasteiger partial charge on any atom is -0.503 e. The van der Waals surface area contributed by atoms with Crippen LogP contribution in [0.2, 0.25) is 0 Å². The highest BCUT2D eigenvalue weighted by atomic mass is 19.1. The molecule has 0 saturated heterocycles. The second-order valence-corrected chi connectivity index (χ2v) is 5.54. The summed E-state index contributed by atoms with van der Waals surface area (Å²) in [6.45, 7) is 3.56. The van der Waals surface area contributed by atoms with Crippen molar-refractivity contribution in [2.45, 2.75) is 33.2 Å². The number of nitrogens with zero attached hydrogens (tertiary/aromatic N) is 1. The second kappa shape index (κ2) is 7.83. The molecule has 0 aliphatic carbocycles. The highest BCUT2D eigenvalue weighted by molar-refractivity contribution is 5.70. The Labute approximate surface area is 144 Å². The van der Waals surface area contributed by atoms with Gasteiger partial charge in [-0.05, 0) is 44.5 Å². The normalized spacial score (nSPS) is 10.7. The first-order valence-electron chi connectivity index (χ1n) is 7.93. The Balaban J connectivity index is 2.44. The standard InChI is InChI=1S/C18H20FNO5/c1-3-25-14(21)5-4-10-20-15(12-6-8-13(19)9-7-12)17(23)16(22)11(2)18(20)24/h6-9,23-24H,3-5,10H2,1-2H3. The van der Waals surface area contributed by atoms with Crippen LogP contribution in [0.3, 0.4) is 0 Å². The Hall–Kier alpha value is -2.83. The molecule has 1 aromatic carbocycles. The monoisotopic (exact) mass is 349 g/mol. The molecule has 0 aliphatic rings. The van der Waals surface area contributed by atoms with Crippen molar-refractivity contribution in [2.75, 3.05) is 6.61 Å². The Morgan fingerprint density at radius 2 is 1.88 bits per heavy atom. The van der Waals surface area contributed by atoms with Gasteiger partial charge in [0.15, 0.2) is 11.6 Å². The Bertz CT molecular complexity index is 827. The van der Waals surface area contributed by atoms with E-state index in [1.54, 1.807) is 6.92 Å². The molecule has 7 heteroatoms. The number of hydrogen-bond acceptors (Lipinski definition) is 5. The van der Waals surface area contributed by atoms with Crippen LogP contribution >= 0.6 is 0 Å². The molecule has 134 valence electrons. The highest BCUT2D eigenvalue weighted by Gasteiger charge is 2.20. The molecule has 25 heavy (non-hydrogen) atoms. The number of ether oxygens (including phenoxy) is 1. The minimum atomic E-state index is -0.696. The van der Waals surface area contributed by atoms with Crippen LogP contribution in [0.15, 0.2) is 29.1 Å². The minimum absolute atomic E-state index is 0.000466. The lowest BCUT2D eigenvalue weighted by atomic mass is 10.1. The average Bonchev–Trinajstić information content (AvgIpc) is 2.59. The van der Waals surface area contributed by atoms with Crippen LogP contribution in [0.5, 0.6) is 11.6 Å². The van der Waals surface area contributed by atoms with Gasteiger partial charge in [-0.1, -0.05) is 0 Å². The average molecular weight is 349 g/mol. The van der Waals surface area contributed by atoms with Crippen LogP contribution in [0.25, 0.3) is 11.3 Å². The Morgan fingerprint density at radius 3 is 2.48 bits per heavy atom. The zero-order valence-electron chi connectivity index (χ0n) is 14.1. The quantitative estimate of drug-likeness (QED) is 0.783. The van der Waals surface area contributed by atoms with E-state index in [-0.39, 0.29) is 42.7 Å². The number of carbonyl (C=O) groups is 1. The number of aromatic hydroxyl groups is 2. The maximum absolute atomic E-state index is 13.2. The molecule has 0 radical (unpaired) electrons. The number of carbonyl (C=O) groups excluding carboxylic acids is 1. The van der Waals surface area contributed by atoms with Crippen molar-refractivity contribution >= 4 is 5.97 Å². The number of aromatic nitrogens is 1. The van der Waals surface area contributed by atoms with Crippen molar-refractivity contribution in [1.29, 1.82) is 0 Å². The van der Waals surface area contributed by atoms with E-state index in [9.17, 15) is 24.2 Å². The van der Waals surface area contributed by atoms with Gasteiger partial charge in [-0.25, -0.2) is 4.39 Å². The zero-order valence-corrected chi connectivity index (χ0v) is 14.1. The van der Waals surface area contributed by atoms with Crippen LogP contribution in [-0.2, 0) is 16.1 Å². The third-order valence-electron chi connectivity index (χ3n) is 3.83. The molecule has 2 rings (SSSR count). The van der Waals surface area contributed by atoms with E-state index in [1.165, 1.54) is 35.8 Å². The van der Waals surface area contributed by atoms with E-state index >= 15 is 0 Å². The van der Waals surface area contributed by atoms with Crippen molar-refractivity contribution in [3.05, 3.63) is 45.9 Å². The fourth-order valence-electron chi connectivity index (χ4n) is 2.56. The molecule has 6 nitrogen and oxygen atoms in total. The van der Waals surface area contributed by atoms with Crippen LogP contribution in [0.1, 0.15) is 25.3 Å². The molecule has 2 N–H and O–H groups in total. The summed E-state index contributed by atoms with van der Waals surface area (Å²) in [5, 5.41) is 20.6. The molecule has 1 heterocycles. The van der Waals surface area contributed by atoms with Crippen LogP contribution < -0.4 is 5.43 Å². The van der Waals surface area contributed by atoms with Gasteiger partial charge in [0, 0.05) is 18.5 Å². The predicted molar refractivity (Wildman–Crippen MR) is 90.0 cm³/mol. The fraction of sp³-hybridized carbons (Fsp3) is 0.333. The summed E-state index contributed by atoms with van der Waals surface area (Å²) in [7, 11) is 0. The van der Waals surface area contributed by atoms with Gasteiger partial charge in [-0.3, -0.25) is 9.59 Å². The topological polar surface area (TPSA) is 88.8 Å². The molecule has 0 spiro atoms. The summed E-state index contributed by atoms with van der Waals surface area (Å²) < 4.78 is 19.4. The molecule has 1 aromatic heterocycles. The molecule has 0 saturated carbocycles. The van der Waals surface area contributed by atoms with E-state index < -0.39 is 17.0 Å². The third-order valence-corrected chi connectivity index (χ3v) is 3.83. The van der Waals surface area contributed by atoms with Crippen LogP contribution in [0.4, 0.5) is 4.39 Å². The van der Waals surface area contributed by atoms with Crippen molar-refractivity contribution in [1.82, 2.24) is 4.57 Å². The lowest BCUT2D eigenvalue weighted by Crippen LogP contribution is -2.16. The van der Waals surface area contributed by atoms with Gasteiger partial charge in [0.2, 0.25) is 5.43 Å². The largest absolute Gasteiger partial charge is 0.503 e. The molecule has 2 aromatic rings. The SMILES string of the molecule is CCOC(=O)CCCn1c(O)c(C)c(=O)c(O)c1-c1ccc(F)cc1. The summed E-state index contributed by atoms with van der Waals surface area (Å²) in [6, 6.07) is 5.19. The lowest BCUT2D eigenvalue weighted by Gasteiger charge is -2.18. The molecule has 0 bridgehead atoms. The van der Waals surface area contributed by atoms with E-state index in [0.29, 0.717) is 12.0 Å². The van der Waals surface area contributed by atoms with Gasteiger partial charge in [0.25, 0.3) is 0 Å². The summed E-state index contributed by atoms with van der Waals surface area (Å²) in [5.74, 6) is -1.66. The molecule has 0 aliphatic heterocycles. The maximum atomic E-state index is 13.2. The molecular weight excluding hydrogens is 329 g/mol. The summed E-state index contributed by atoms with van der Waals surface area (Å²) in [4.78, 5) is 23.6. The third kappa shape index (κ3) is 3.99. The van der Waals surface area contributed by atoms with Gasteiger partial charge in [-0.15, -0.1) is 0 Å². The summed E-state index contributed by atoms with van der Waals surface area (Å²) in [6.07, 6.45) is 0.463. The van der Waals surface area contributed by atoms with Crippen LogP contribution in [0, 0.1) is 12.7 Å². The van der Waals surface area contributed by atoms with Crippen molar-refractivity contribution in [2.24, 2.45) is 0 Å². The second-order valence-electron chi connectivity index (χ2n) is 5.54. The number of hydrogen-bond donors (Lipinski definition) is 2. The molecular formula is C18H20FNO5. The number of pyridine rings is 1. The van der Waals surface area contributed by atoms with Gasteiger partial charge in [0.1, 0.15) is 5.82 Å². The Morgan fingerprint density at radius 1 is 1.24 bits per heavy atom. The number of benzene rings is 1. The lowest BCUT2D eigenvalue weighted by molar-refractivity contribution is -0.143. The first kappa shape index (κ1) is 18.5.